The average molecular weight is 593 g/mol. The van der Waals surface area contributed by atoms with Crippen LogP contribution in [0, 0.1) is 5.92 Å². The number of nitrogens with one attached hydrogen (secondary N) is 4. The number of hydrogen-bond acceptors (Lipinski definition) is 6. The highest BCUT2D eigenvalue weighted by molar-refractivity contribution is 5.95. The number of rotatable bonds is 16. The normalized spacial score (nSPS) is 14.0. The second-order valence-corrected chi connectivity index (χ2v) is 11.0. The van der Waals surface area contributed by atoms with Crippen molar-refractivity contribution in [3.63, 3.8) is 0 Å². The van der Waals surface area contributed by atoms with E-state index < -0.39 is 53.8 Å². The second-order valence-electron chi connectivity index (χ2n) is 11.0. The van der Waals surface area contributed by atoms with Crippen molar-refractivity contribution in [3.05, 3.63) is 71.9 Å². The fraction of sp³-hybridized carbons (Fsp3) is 0.387. The van der Waals surface area contributed by atoms with E-state index in [1.54, 1.807) is 30.5 Å². The van der Waals surface area contributed by atoms with Crippen LogP contribution in [-0.2, 0) is 36.8 Å². The lowest BCUT2D eigenvalue weighted by atomic mass is 9.99. The van der Waals surface area contributed by atoms with E-state index in [0.717, 1.165) is 22.0 Å². The van der Waals surface area contributed by atoms with Gasteiger partial charge in [-0.3, -0.25) is 19.2 Å². The van der Waals surface area contributed by atoms with Crippen molar-refractivity contribution >= 4 is 40.5 Å². The van der Waals surface area contributed by atoms with Gasteiger partial charge in [-0.25, -0.2) is 4.79 Å². The standard InChI is InChI=1S/C31H40N6O6/c1-18(2)14-24(29(40)37-26(31(42)43)15-19-8-4-3-5-9-19)36-30(41)25(35-28(39)22(32)12-13-27(33)38)16-20-17-34-23-11-7-6-10-21(20)23/h3-11,17-18,22,24-26,34H,12-16,32H2,1-2H3,(H2,33,38)(H,35,39)(H,36,41)(H,37,40)(H,42,43). The monoisotopic (exact) mass is 592 g/mol. The zero-order valence-corrected chi connectivity index (χ0v) is 24.3. The topological polar surface area (TPSA) is 209 Å². The third-order valence-corrected chi connectivity index (χ3v) is 7.01. The van der Waals surface area contributed by atoms with Crippen LogP contribution in [-0.4, -0.2) is 63.9 Å². The second kappa shape index (κ2) is 15.5. The Morgan fingerprint density at radius 2 is 1.42 bits per heavy atom. The number of primary amides is 1. The van der Waals surface area contributed by atoms with E-state index >= 15 is 0 Å². The number of carboxylic acids is 1. The van der Waals surface area contributed by atoms with Gasteiger partial charge in [-0.1, -0.05) is 62.4 Å². The number of carbonyl (C=O) groups excluding carboxylic acids is 4. The quantitative estimate of drug-likeness (QED) is 0.129. The minimum atomic E-state index is -1.22. The summed E-state index contributed by atoms with van der Waals surface area (Å²) in [5.41, 5.74) is 13.5. The van der Waals surface area contributed by atoms with Crippen LogP contribution in [0.1, 0.15) is 44.2 Å². The number of amides is 4. The van der Waals surface area contributed by atoms with Crippen LogP contribution in [0.25, 0.3) is 10.9 Å². The Morgan fingerprint density at radius 1 is 0.814 bits per heavy atom. The Hall–Kier alpha value is -4.71. The Morgan fingerprint density at radius 3 is 2.07 bits per heavy atom. The largest absolute Gasteiger partial charge is 0.480 e. The van der Waals surface area contributed by atoms with Crippen molar-refractivity contribution in [2.45, 2.75) is 70.1 Å². The number of aromatic amines is 1. The molecule has 0 aliphatic carbocycles. The summed E-state index contributed by atoms with van der Waals surface area (Å²) in [5.74, 6) is -3.79. The lowest BCUT2D eigenvalue weighted by Gasteiger charge is -2.26. The molecule has 3 rings (SSSR count). The van der Waals surface area contributed by atoms with Crippen molar-refractivity contribution in [3.8, 4) is 0 Å². The smallest absolute Gasteiger partial charge is 0.326 e. The third kappa shape index (κ3) is 9.96. The van der Waals surface area contributed by atoms with Crippen LogP contribution >= 0.6 is 0 Å². The van der Waals surface area contributed by atoms with Gasteiger partial charge < -0.3 is 37.5 Å². The SMILES string of the molecule is CC(C)CC(NC(=O)C(Cc1c[nH]c2ccccc12)NC(=O)C(N)CCC(N)=O)C(=O)NC(Cc1ccccc1)C(=O)O. The molecule has 0 bridgehead atoms. The van der Waals surface area contributed by atoms with Gasteiger partial charge in [0.2, 0.25) is 23.6 Å². The minimum absolute atomic E-state index is 0.00103. The van der Waals surface area contributed by atoms with Gasteiger partial charge in [0, 0.05) is 36.4 Å². The minimum Gasteiger partial charge on any atom is -0.480 e. The number of aliphatic carboxylic acids is 1. The lowest BCUT2D eigenvalue weighted by Crippen LogP contribution is -2.58. The number of para-hydroxylation sites is 1. The number of carboxylic acid groups (broad SMARTS) is 1. The maximum absolute atomic E-state index is 13.7. The van der Waals surface area contributed by atoms with E-state index in [0.29, 0.717) is 0 Å². The van der Waals surface area contributed by atoms with Crippen LogP contribution in [0.3, 0.4) is 0 Å². The first-order valence-corrected chi connectivity index (χ1v) is 14.2. The van der Waals surface area contributed by atoms with E-state index in [4.69, 9.17) is 11.5 Å². The fourth-order valence-electron chi connectivity index (χ4n) is 4.73. The molecule has 3 aromatic rings. The van der Waals surface area contributed by atoms with Crippen LogP contribution in [0.2, 0.25) is 0 Å². The summed E-state index contributed by atoms with van der Waals surface area (Å²) < 4.78 is 0. The molecule has 1 aromatic heterocycles. The van der Waals surface area contributed by atoms with Crippen molar-refractivity contribution in [2.75, 3.05) is 0 Å². The van der Waals surface area contributed by atoms with Gasteiger partial charge in [-0.2, -0.15) is 0 Å². The van der Waals surface area contributed by atoms with E-state index in [9.17, 15) is 29.1 Å². The maximum atomic E-state index is 13.7. The predicted octanol–water partition coefficient (Wildman–Crippen LogP) is 1.13. The summed E-state index contributed by atoms with van der Waals surface area (Å²) in [4.78, 5) is 66.3. The predicted molar refractivity (Wildman–Crippen MR) is 161 cm³/mol. The van der Waals surface area contributed by atoms with Gasteiger partial charge in [-0.15, -0.1) is 0 Å². The number of hydrogen-bond donors (Lipinski definition) is 7. The lowest BCUT2D eigenvalue weighted by molar-refractivity contribution is -0.142. The Balaban J connectivity index is 1.81. The molecule has 12 nitrogen and oxygen atoms in total. The zero-order chi connectivity index (χ0) is 31.5. The molecule has 0 radical (unpaired) electrons. The summed E-state index contributed by atoms with van der Waals surface area (Å²) in [6.07, 6.45) is 2.00. The van der Waals surface area contributed by atoms with Crippen LogP contribution in [0.15, 0.2) is 60.8 Å². The Kier molecular flexibility index (Phi) is 11.8. The van der Waals surface area contributed by atoms with Crippen molar-refractivity contribution in [1.82, 2.24) is 20.9 Å². The van der Waals surface area contributed by atoms with Crippen LogP contribution < -0.4 is 27.4 Å². The summed E-state index contributed by atoms with van der Waals surface area (Å²) in [7, 11) is 0. The summed E-state index contributed by atoms with van der Waals surface area (Å²) in [5, 5.41) is 18.6. The molecule has 0 fully saturated rings. The number of nitrogens with two attached hydrogens (primary N) is 2. The van der Waals surface area contributed by atoms with E-state index in [1.807, 2.05) is 44.2 Å². The first-order valence-electron chi connectivity index (χ1n) is 14.2. The van der Waals surface area contributed by atoms with Gasteiger partial charge >= 0.3 is 5.97 Å². The van der Waals surface area contributed by atoms with Crippen LogP contribution in [0.4, 0.5) is 0 Å². The maximum Gasteiger partial charge on any atom is 0.326 e. The number of fused-ring (bicyclic) bond motifs is 1. The third-order valence-electron chi connectivity index (χ3n) is 7.01. The molecule has 0 saturated heterocycles. The van der Waals surface area contributed by atoms with Crippen molar-refractivity contribution in [1.29, 1.82) is 0 Å². The highest BCUT2D eigenvalue weighted by atomic mass is 16.4. The molecule has 9 N–H and O–H groups in total. The summed E-state index contributed by atoms with van der Waals surface area (Å²) in [6, 6.07) is 11.9. The first kappa shape index (κ1) is 32.8. The molecule has 2 aromatic carbocycles. The molecule has 0 spiro atoms. The van der Waals surface area contributed by atoms with Crippen LogP contribution in [0.5, 0.6) is 0 Å². The summed E-state index contributed by atoms with van der Waals surface area (Å²) >= 11 is 0. The summed E-state index contributed by atoms with van der Waals surface area (Å²) in [6.45, 7) is 3.74. The molecule has 0 aliphatic rings. The fourth-order valence-corrected chi connectivity index (χ4v) is 4.73. The van der Waals surface area contributed by atoms with Gasteiger partial charge in [-0.05, 0) is 36.0 Å². The number of aromatic nitrogens is 1. The molecule has 230 valence electrons. The number of H-pyrrole nitrogens is 1. The van der Waals surface area contributed by atoms with Gasteiger partial charge in [0.25, 0.3) is 0 Å². The molecule has 4 amide bonds. The number of carbonyl (C=O) groups is 5. The molecule has 43 heavy (non-hydrogen) atoms. The van der Waals surface area contributed by atoms with Gasteiger partial charge in [0.1, 0.15) is 18.1 Å². The average Bonchev–Trinajstić information content (AvgIpc) is 3.37. The highest BCUT2D eigenvalue weighted by Gasteiger charge is 2.31. The van der Waals surface area contributed by atoms with Crippen molar-refractivity contribution in [2.24, 2.45) is 17.4 Å². The van der Waals surface area contributed by atoms with Gasteiger partial charge in [0.05, 0.1) is 6.04 Å². The molecule has 12 heteroatoms. The Labute approximate surface area is 250 Å². The molecule has 4 unspecified atom stereocenters. The van der Waals surface area contributed by atoms with Gasteiger partial charge in [0.15, 0.2) is 0 Å². The van der Waals surface area contributed by atoms with E-state index in [2.05, 4.69) is 20.9 Å². The highest BCUT2D eigenvalue weighted by Crippen LogP contribution is 2.19. The number of benzene rings is 2. The molecular weight excluding hydrogens is 552 g/mol. The molecule has 0 aliphatic heterocycles. The molecule has 4 atom stereocenters. The van der Waals surface area contributed by atoms with E-state index in [1.165, 1.54) is 0 Å². The van der Waals surface area contributed by atoms with Crippen molar-refractivity contribution < 1.29 is 29.1 Å². The molecule has 0 saturated carbocycles. The molecular formula is C31H40N6O6. The zero-order valence-electron chi connectivity index (χ0n) is 24.3. The molecule has 1 heterocycles. The first-order chi connectivity index (χ1) is 20.4. The Bertz CT molecular complexity index is 1420. The van der Waals surface area contributed by atoms with E-state index in [-0.39, 0.29) is 38.0 Å².